The Morgan fingerprint density at radius 2 is 1.39 bits per heavy atom. The van der Waals surface area contributed by atoms with Crippen LogP contribution in [-0.4, -0.2) is 59.3 Å². The zero-order chi connectivity index (χ0) is 54.2. The lowest BCUT2D eigenvalue weighted by Crippen LogP contribution is -2.45. The van der Waals surface area contributed by atoms with Gasteiger partial charge in [-0.1, -0.05) is 132 Å². The molecule has 3 aliphatic rings. The number of fused-ring (bicyclic) bond motifs is 10. The zero-order valence-electron chi connectivity index (χ0n) is 46.1. The predicted octanol–water partition coefficient (Wildman–Crippen LogP) is 15.2. The van der Waals surface area contributed by atoms with Crippen LogP contribution in [0.1, 0.15) is 125 Å². The fourth-order valence-electron chi connectivity index (χ4n) is 11.5. The van der Waals surface area contributed by atoms with Gasteiger partial charge in [0.1, 0.15) is 36.2 Å². The van der Waals surface area contributed by atoms with Crippen LogP contribution in [0.3, 0.4) is 0 Å². The van der Waals surface area contributed by atoms with E-state index >= 15 is 0 Å². The second-order valence-corrected chi connectivity index (χ2v) is 28.2. The molecular formula is C64H74O10SSi. The van der Waals surface area contributed by atoms with Crippen molar-refractivity contribution in [3.8, 4) is 34.1 Å². The molecule has 2 atom stereocenters. The lowest BCUT2D eigenvalue weighted by Gasteiger charge is -2.47. The number of ether oxygens (including phenoxy) is 6. The largest absolute Gasteiger partial charge is 0.497 e. The maximum absolute atomic E-state index is 12.6. The molecule has 0 amide bonds. The normalized spacial score (nSPS) is 17.5. The summed E-state index contributed by atoms with van der Waals surface area (Å²) < 4.78 is 42.0. The quantitative estimate of drug-likeness (QED) is 0.0383. The third kappa shape index (κ3) is 10.3. The summed E-state index contributed by atoms with van der Waals surface area (Å²) in [4.78, 5) is 27.3. The summed E-state index contributed by atoms with van der Waals surface area (Å²) in [5.74, 6) is 1.58. The van der Waals surface area contributed by atoms with Crippen LogP contribution >= 0.6 is 11.8 Å². The van der Waals surface area contributed by atoms with Crippen LogP contribution in [0.2, 0.25) is 18.1 Å². The van der Waals surface area contributed by atoms with E-state index in [1.807, 2.05) is 70.3 Å². The average molecular weight is 1060 g/mol. The van der Waals surface area contributed by atoms with Gasteiger partial charge in [-0.3, -0.25) is 9.59 Å². The molecule has 400 valence electrons. The van der Waals surface area contributed by atoms with E-state index in [0.717, 1.165) is 75.3 Å². The molecule has 1 aliphatic heterocycles. The molecule has 9 rings (SSSR count). The minimum absolute atomic E-state index is 0.0277. The smallest absolute Gasteiger partial charge is 0.310 e. The third-order valence-electron chi connectivity index (χ3n) is 17.2. The van der Waals surface area contributed by atoms with Crippen LogP contribution in [-0.2, 0) is 34.5 Å². The molecule has 0 radical (unpaired) electrons. The van der Waals surface area contributed by atoms with E-state index in [1.165, 1.54) is 51.1 Å². The monoisotopic (exact) mass is 1060 g/mol. The van der Waals surface area contributed by atoms with Crippen LogP contribution < -0.4 is 18.9 Å². The topological polar surface area (TPSA) is 119 Å². The highest BCUT2D eigenvalue weighted by Gasteiger charge is 2.52. The van der Waals surface area contributed by atoms with Gasteiger partial charge in [-0.05, 0) is 144 Å². The van der Waals surface area contributed by atoms with Crippen LogP contribution in [0.25, 0.3) is 28.0 Å². The molecule has 1 fully saturated rings. The first-order chi connectivity index (χ1) is 36.3. The number of hydrogen-bond acceptors (Lipinski definition) is 11. The van der Waals surface area contributed by atoms with Crippen molar-refractivity contribution in [1.29, 1.82) is 0 Å². The first-order valence-corrected chi connectivity index (χ1v) is 30.6. The fourth-order valence-corrected chi connectivity index (χ4v) is 13.5. The van der Waals surface area contributed by atoms with Crippen molar-refractivity contribution in [2.75, 3.05) is 27.4 Å². The second-order valence-electron chi connectivity index (χ2n) is 22.4. The highest BCUT2D eigenvalue weighted by molar-refractivity contribution is 7.99. The van der Waals surface area contributed by atoms with Crippen molar-refractivity contribution < 1.29 is 47.5 Å². The molecule has 2 unspecified atom stereocenters. The minimum Gasteiger partial charge on any atom is -0.497 e. The maximum atomic E-state index is 12.6. The second kappa shape index (κ2) is 21.8. The first kappa shape index (κ1) is 54.7. The van der Waals surface area contributed by atoms with Crippen molar-refractivity contribution in [3.05, 3.63) is 148 Å². The van der Waals surface area contributed by atoms with Crippen molar-refractivity contribution >= 4 is 48.9 Å². The number of rotatable bonds is 18. The van der Waals surface area contributed by atoms with Crippen LogP contribution in [0.5, 0.6) is 23.0 Å². The number of aryl methyl sites for hydroxylation is 2. The van der Waals surface area contributed by atoms with E-state index in [-0.39, 0.29) is 36.5 Å². The van der Waals surface area contributed by atoms with Gasteiger partial charge in [0, 0.05) is 32.4 Å². The maximum Gasteiger partial charge on any atom is 0.310 e. The SMILES string of the molecule is CCC1(CC)CCC2(CC1)c1ccccc1-c1c2c2c(c3cc(OC)c(Sc4c(C)cccc4C)cc13)OC(c1ccc(OC)cc1)(c1ccc(OCCOC(=O)CCC(=O)OC(O)O[Si](C)(C)C(C)(C)C)cc1)C=C2. The van der Waals surface area contributed by atoms with E-state index in [2.05, 4.69) is 107 Å². The Morgan fingerprint density at radius 1 is 0.763 bits per heavy atom. The van der Waals surface area contributed by atoms with Crippen LogP contribution in [0.15, 0.2) is 119 Å². The molecule has 76 heavy (non-hydrogen) atoms. The molecule has 12 heteroatoms. The Hall–Kier alpha value is -6.05. The molecule has 1 spiro atoms. The molecule has 0 aromatic heterocycles. The molecule has 1 N–H and O–H groups in total. The van der Waals surface area contributed by atoms with Gasteiger partial charge >= 0.3 is 18.4 Å². The predicted molar refractivity (Wildman–Crippen MR) is 304 cm³/mol. The molecule has 10 nitrogen and oxygen atoms in total. The first-order valence-electron chi connectivity index (χ1n) is 26.8. The van der Waals surface area contributed by atoms with Crippen molar-refractivity contribution in [2.24, 2.45) is 5.41 Å². The summed E-state index contributed by atoms with van der Waals surface area (Å²) in [5, 5.41) is 12.2. The third-order valence-corrected chi connectivity index (χ3v) is 23.0. The number of aliphatic hydroxyl groups excluding tert-OH is 1. The van der Waals surface area contributed by atoms with Gasteiger partial charge in [-0.2, -0.15) is 0 Å². The minimum atomic E-state index is -2.38. The van der Waals surface area contributed by atoms with Gasteiger partial charge < -0.3 is 38.0 Å². The highest BCUT2D eigenvalue weighted by Crippen LogP contribution is 2.65. The van der Waals surface area contributed by atoms with Gasteiger partial charge in [-0.25, -0.2) is 0 Å². The van der Waals surface area contributed by atoms with Crippen molar-refractivity contribution in [2.45, 2.75) is 145 Å². The Labute approximate surface area is 454 Å². The molecule has 6 aromatic rings. The Bertz CT molecular complexity index is 3120. The lowest BCUT2D eigenvalue weighted by molar-refractivity contribution is -0.222. The summed E-state index contributed by atoms with van der Waals surface area (Å²) in [5.41, 5.74) is 9.77. The number of hydrogen-bond donors (Lipinski definition) is 1. The van der Waals surface area contributed by atoms with E-state index in [1.54, 1.807) is 26.0 Å². The number of esters is 2. The summed E-state index contributed by atoms with van der Waals surface area (Å²) >= 11 is 1.76. The Morgan fingerprint density at radius 3 is 2.01 bits per heavy atom. The van der Waals surface area contributed by atoms with E-state index in [0.29, 0.717) is 11.2 Å². The summed E-state index contributed by atoms with van der Waals surface area (Å²) in [7, 11) is 1.05. The van der Waals surface area contributed by atoms with Gasteiger partial charge in [0.15, 0.2) is 13.9 Å². The van der Waals surface area contributed by atoms with Crippen molar-refractivity contribution in [1.82, 2.24) is 0 Å². The molecule has 0 bridgehead atoms. The fraction of sp³-hybridized carbons (Fsp3) is 0.406. The Balaban J connectivity index is 1.05. The van der Waals surface area contributed by atoms with E-state index in [4.69, 9.17) is 32.8 Å². The van der Waals surface area contributed by atoms with Gasteiger partial charge in [0.25, 0.3) is 0 Å². The molecule has 2 aliphatic carbocycles. The zero-order valence-corrected chi connectivity index (χ0v) is 48.0. The molecule has 0 saturated heterocycles. The number of aliphatic hydroxyl groups is 1. The lowest BCUT2D eigenvalue weighted by atomic mass is 9.58. The molecule has 1 heterocycles. The number of benzene rings is 6. The number of carbonyl (C=O) groups is 2. The van der Waals surface area contributed by atoms with E-state index in [9.17, 15) is 14.7 Å². The van der Waals surface area contributed by atoms with Gasteiger partial charge in [0.2, 0.25) is 0 Å². The summed E-state index contributed by atoms with van der Waals surface area (Å²) in [6.45, 7) is 17.4. The number of carbonyl (C=O) groups excluding carboxylic acids is 2. The molecule has 1 saturated carbocycles. The van der Waals surface area contributed by atoms with Gasteiger partial charge in [-0.15, -0.1) is 0 Å². The van der Waals surface area contributed by atoms with Crippen LogP contribution in [0, 0.1) is 19.3 Å². The summed E-state index contributed by atoms with van der Waals surface area (Å²) in [6, 6.07) is 36.1. The van der Waals surface area contributed by atoms with Crippen molar-refractivity contribution in [3.63, 3.8) is 0 Å². The highest BCUT2D eigenvalue weighted by atomic mass is 32.2. The Kier molecular flexibility index (Phi) is 15.7. The van der Waals surface area contributed by atoms with Gasteiger partial charge in [0.05, 0.1) is 32.0 Å². The standard InChI is InChI=1S/C64H74O10SSi/c1-12-62(13-2)33-35-63(36-34-62)51-20-15-14-19-47(51)56-49-40-53(75-59-41(3)17-16-18-42(59)4)52(69-9)39-50(49)58-48(57(56)63)31-32-64(73-58,43-21-25-45(68-8)26-22-43)44-23-27-46(28-24-44)70-37-38-71-54(65)29-30-55(66)72-60(67)74-76(10,11)61(5,6)7/h14-28,31-32,39-40,60,67H,12-13,29-30,33-38H2,1-11H3. The average Bonchev–Trinajstić information content (AvgIpc) is 3.71. The van der Waals surface area contributed by atoms with E-state index < -0.39 is 32.3 Å². The molecule has 6 aromatic carbocycles. The molecular weight excluding hydrogens is 989 g/mol. The summed E-state index contributed by atoms with van der Waals surface area (Å²) in [6.07, 6.45) is 10.9. The number of methoxy groups -OCH3 is 2. The van der Waals surface area contributed by atoms with Crippen LogP contribution in [0.4, 0.5) is 0 Å².